The molecule has 2 aromatic rings. The van der Waals surface area contributed by atoms with Gasteiger partial charge in [0.1, 0.15) is 0 Å². The van der Waals surface area contributed by atoms with E-state index in [1.165, 1.54) is 7.11 Å². The maximum Gasteiger partial charge on any atom is 0.310 e. The Morgan fingerprint density at radius 1 is 1.08 bits per heavy atom. The minimum atomic E-state index is -0.407. The van der Waals surface area contributed by atoms with Crippen molar-refractivity contribution in [2.45, 2.75) is 13.5 Å². The Labute approximate surface area is 147 Å². The highest BCUT2D eigenvalue weighted by Crippen LogP contribution is 2.15. The molecule has 4 nitrogen and oxygen atoms in total. The van der Waals surface area contributed by atoms with Crippen molar-refractivity contribution >= 4 is 23.5 Å². The summed E-state index contributed by atoms with van der Waals surface area (Å²) in [5, 5.41) is 0.641. The van der Waals surface area contributed by atoms with Crippen molar-refractivity contribution in [2.75, 3.05) is 13.7 Å². The van der Waals surface area contributed by atoms with Gasteiger partial charge in [-0.1, -0.05) is 48.9 Å². The summed E-state index contributed by atoms with van der Waals surface area (Å²) in [4.78, 5) is 26.2. The van der Waals surface area contributed by atoms with Crippen molar-refractivity contribution in [1.82, 2.24) is 4.90 Å². The Morgan fingerprint density at radius 3 is 2.29 bits per heavy atom. The van der Waals surface area contributed by atoms with E-state index in [4.69, 9.17) is 16.3 Å². The molecule has 0 saturated heterocycles. The van der Waals surface area contributed by atoms with E-state index in [2.05, 4.69) is 0 Å². The zero-order chi connectivity index (χ0) is 17.5. The van der Waals surface area contributed by atoms with Crippen LogP contribution in [0.25, 0.3) is 0 Å². The van der Waals surface area contributed by atoms with E-state index in [1.807, 2.05) is 30.3 Å². The molecule has 1 atom stereocenters. The lowest BCUT2D eigenvalue weighted by Crippen LogP contribution is -2.36. The van der Waals surface area contributed by atoms with Crippen LogP contribution in [0.1, 0.15) is 22.8 Å². The summed E-state index contributed by atoms with van der Waals surface area (Å²) < 4.78 is 4.77. The number of benzene rings is 2. The fourth-order valence-electron chi connectivity index (χ4n) is 2.40. The third-order valence-corrected chi connectivity index (χ3v) is 3.94. The quantitative estimate of drug-likeness (QED) is 0.748. The average Bonchev–Trinajstić information content (AvgIpc) is 2.62. The summed E-state index contributed by atoms with van der Waals surface area (Å²) in [6, 6.07) is 16.3. The molecule has 0 aromatic heterocycles. The molecule has 1 unspecified atom stereocenters. The molecule has 0 radical (unpaired) electrons. The highest BCUT2D eigenvalue weighted by atomic mass is 35.5. The Morgan fingerprint density at radius 2 is 1.71 bits per heavy atom. The van der Waals surface area contributed by atoms with E-state index in [0.29, 0.717) is 17.1 Å². The number of ether oxygens (including phenoxy) is 1. The molecule has 0 fully saturated rings. The van der Waals surface area contributed by atoms with Gasteiger partial charge in [-0.25, -0.2) is 0 Å². The topological polar surface area (TPSA) is 46.6 Å². The molecule has 1 amide bonds. The van der Waals surface area contributed by atoms with Crippen LogP contribution in [-0.4, -0.2) is 30.4 Å². The van der Waals surface area contributed by atoms with E-state index >= 15 is 0 Å². The number of halogens is 1. The van der Waals surface area contributed by atoms with E-state index in [1.54, 1.807) is 36.1 Å². The van der Waals surface area contributed by atoms with Crippen molar-refractivity contribution < 1.29 is 14.3 Å². The van der Waals surface area contributed by atoms with E-state index in [0.717, 1.165) is 5.56 Å². The van der Waals surface area contributed by atoms with E-state index in [9.17, 15) is 9.59 Å². The van der Waals surface area contributed by atoms with E-state index < -0.39 is 5.92 Å². The highest BCUT2D eigenvalue weighted by Gasteiger charge is 2.22. The summed E-state index contributed by atoms with van der Waals surface area (Å²) in [7, 11) is 1.35. The number of carbonyl (C=O) groups excluding carboxylic acids is 2. The Hall–Kier alpha value is -2.33. The maximum absolute atomic E-state index is 12.8. The number of methoxy groups -OCH3 is 1. The van der Waals surface area contributed by atoms with Crippen LogP contribution in [0, 0.1) is 5.92 Å². The molecule has 0 spiro atoms. The second-order valence-electron chi connectivity index (χ2n) is 5.60. The molecule has 0 aliphatic carbocycles. The molecule has 0 aliphatic rings. The molecule has 0 saturated carbocycles. The van der Waals surface area contributed by atoms with Gasteiger partial charge in [-0.3, -0.25) is 9.59 Å². The van der Waals surface area contributed by atoms with Gasteiger partial charge < -0.3 is 9.64 Å². The van der Waals surface area contributed by atoms with Gasteiger partial charge >= 0.3 is 5.97 Å². The van der Waals surface area contributed by atoms with Gasteiger partial charge in [0.05, 0.1) is 13.0 Å². The van der Waals surface area contributed by atoms with E-state index in [-0.39, 0.29) is 18.4 Å². The Kier molecular flexibility index (Phi) is 6.38. The lowest BCUT2D eigenvalue weighted by molar-refractivity contribution is -0.145. The highest BCUT2D eigenvalue weighted by molar-refractivity contribution is 6.30. The summed E-state index contributed by atoms with van der Waals surface area (Å²) in [6.07, 6.45) is 0. The third kappa shape index (κ3) is 4.83. The Bertz CT molecular complexity index is 686. The van der Waals surface area contributed by atoms with Crippen molar-refractivity contribution in [3.8, 4) is 0 Å². The number of rotatable bonds is 6. The van der Waals surface area contributed by atoms with Crippen molar-refractivity contribution in [3.05, 3.63) is 70.7 Å². The number of esters is 1. The largest absolute Gasteiger partial charge is 0.469 e. The normalized spacial score (nSPS) is 11.6. The lowest BCUT2D eigenvalue weighted by Gasteiger charge is -2.25. The molecule has 5 heteroatoms. The van der Waals surface area contributed by atoms with Crippen LogP contribution in [0.4, 0.5) is 0 Å². The van der Waals surface area contributed by atoms with Gasteiger partial charge in [-0.2, -0.15) is 0 Å². The first-order valence-corrected chi connectivity index (χ1v) is 8.05. The smallest absolute Gasteiger partial charge is 0.310 e. The second-order valence-corrected chi connectivity index (χ2v) is 6.04. The molecule has 0 N–H and O–H groups in total. The molecule has 2 rings (SSSR count). The van der Waals surface area contributed by atoms with Crippen LogP contribution in [0.2, 0.25) is 5.02 Å². The predicted molar refractivity (Wildman–Crippen MR) is 93.8 cm³/mol. The number of amides is 1. The summed E-state index contributed by atoms with van der Waals surface area (Å²) in [5.74, 6) is -0.867. The fourth-order valence-corrected chi connectivity index (χ4v) is 2.53. The molecule has 0 aliphatic heterocycles. The van der Waals surface area contributed by atoms with Crippen LogP contribution in [0.3, 0.4) is 0 Å². The van der Waals surface area contributed by atoms with Gasteiger partial charge in [0.2, 0.25) is 0 Å². The zero-order valence-corrected chi connectivity index (χ0v) is 14.5. The maximum atomic E-state index is 12.8. The predicted octanol–water partition coefficient (Wildman–Crippen LogP) is 3.79. The van der Waals surface area contributed by atoms with Crippen LogP contribution in [-0.2, 0) is 16.1 Å². The molecule has 0 bridgehead atoms. The molecular weight excluding hydrogens is 326 g/mol. The molecular formula is C19H20ClNO3. The van der Waals surface area contributed by atoms with Crippen LogP contribution < -0.4 is 0 Å². The first-order chi connectivity index (χ1) is 11.5. The van der Waals surface area contributed by atoms with Gasteiger partial charge in [0, 0.05) is 23.7 Å². The zero-order valence-electron chi connectivity index (χ0n) is 13.7. The molecule has 24 heavy (non-hydrogen) atoms. The first-order valence-electron chi connectivity index (χ1n) is 7.68. The number of nitrogens with zero attached hydrogens (tertiary/aromatic N) is 1. The van der Waals surface area contributed by atoms with Gasteiger partial charge in [-0.05, 0) is 29.8 Å². The SMILES string of the molecule is COC(=O)C(C)CN(Cc1ccc(Cl)cc1)C(=O)c1ccccc1. The molecule has 0 heterocycles. The van der Waals surface area contributed by atoms with Crippen molar-refractivity contribution in [3.63, 3.8) is 0 Å². The first kappa shape index (κ1) is 18.0. The third-order valence-electron chi connectivity index (χ3n) is 3.69. The summed E-state index contributed by atoms with van der Waals surface area (Å²) in [5.41, 5.74) is 1.53. The average molecular weight is 346 g/mol. The Balaban J connectivity index is 2.21. The van der Waals surface area contributed by atoms with Crippen LogP contribution >= 0.6 is 11.6 Å². The molecule has 2 aromatic carbocycles. The molecule has 126 valence electrons. The van der Waals surface area contributed by atoms with Crippen molar-refractivity contribution in [2.24, 2.45) is 5.92 Å². The van der Waals surface area contributed by atoms with Crippen molar-refractivity contribution in [1.29, 1.82) is 0 Å². The minimum Gasteiger partial charge on any atom is -0.469 e. The lowest BCUT2D eigenvalue weighted by atomic mass is 10.1. The summed E-state index contributed by atoms with van der Waals surface area (Å²) >= 11 is 5.91. The van der Waals surface area contributed by atoms with Crippen LogP contribution in [0.15, 0.2) is 54.6 Å². The van der Waals surface area contributed by atoms with Crippen LogP contribution in [0.5, 0.6) is 0 Å². The standard InChI is InChI=1S/C19H20ClNO3/c1-14(19(23)24-2)12-21(13-15-8-10-17(20)11-9-15)18(22)16-6-4-3-5-7-16/h3-11,14H,12-13H2,1-2H3. The fraction of sp³-hybridized carbons (Fsp3) is 0.263. The summed E-state index contributed by atoms with van der Waals surface area (Å²) in [6.45, 7) is 2.42. The van der Waals surface area contributed by atoms with Gasteiger partial charge in [0.25, 0.3) is 5.91 Å². The number of hydrogen-bond donors (Lipinski definition) is 0. The second kappa shape index (κ2) is 8.50. The van der Waals surface area contributed by atoms with Gasteiger partial charge in [0.15, 0.2) is 0 Å². The number of carbonyl (C=O) groups is 2. The minimum absolute atomic E-state index is 0.124. The van der Waals surface area contributed by atoms with Gasteiger partial charge in [-0.15, -0.1) is 0 Å². The monoisotopic (exact) mass is 345 g/mol. The number of hydrogen-bond acceptors (Lipinski definition) is 3.